The van der Waals surface area contributed by atoms with Crippen LogP contribution in [0.4, 0.5) is 0 Å². The van der Waals surface area contributed by atoms with Crippen LogP contribution in [-0.4, -0.2) is 47.8 Å². The van der Waals surface area contributed by atoms with Crippen LogP contribution in [0.25, 0.3) is 0 Å². The van der Waals surface area contributed by atoms with Gasteiger partial charge in [-0.3, -0.25) is 4.79 Å². The van der Waals surface area contributed by atoms with Gasteiger partial charge in [0.25, 0.3) is 0 Å². The molecule has 1 fully saturated rings. The molecule has 3 aromatic rings. The van der Waals surface area contributed by atoms with Crippen LogP contribution >= 0.6 is 0 Å². The summed E-state index contributed by atoms with van der Waals surface area (Å²) in [6.07, 6.45) is 2.87. The molecule has 0 spiro atoms. The molecule has 1 atom stereocenters. The number of nitrogens with zero attached hydrogens (tertiary/aromatic N) is 1. The third kappa shape index (κ3) is 6.01. The van der Waals surface area contributed by atoms with Gasteiger partial charge in [0.05, 0.1) is 18.6 Å². The largest absolute Gasteiger partial charge is 0.468 e. The Morgan fingerprint density at radius 2 is 1.42 bits per heavy atom. The Morgan fingerprint density at radius 1 is 0.895 bits per heavy atom. The average Bonchev–Trinajstić information content (AvgIpc) is 2.97. The molecule has 5 heteroatoms. The second kappa shape index (κ2) is 12.2. The van der Waals surface area contributed by atoms with Crippen LogP contribution in [0.15, 0.2) is 84.9 Å². The number of hydrogen-bond acceptors (Lipinski definition) is 5. The first-order valence-electron chi connectivity index (χ1n) is 13.7. The van der Waals surface area contributed by atoms with Gasteiger partial charge in [0.1, 0.15) is 5.60 Å². The lowest BCUT2D eigenvalue weighted by atomic mass is 9.72. The molecule has 3 aromatic carbocycles. The molecule has 0 radical (unpaired) electrons. The normalized spacial score (nSPS) is 16.2. The van der Waals surface area contributed by atoms with Crippen molar-refractivity contribution in [2.24, 2.45) is 5.92 Å². The van der Waals surface area contributed by atoms with Crippen molar-refractivity contribution in [3.63, 3.8) is 0 Å². The molecular formula is C33H41NO4. The molecule has 0 amide bonds. The lowest BCUT2D eigenvalue weighted by Gasteiger charge is -2.42. The Labute approximate surface area is 227 Å². The lowest BCUT2D eigenvalue weighted by molar-refractivity contribution is -0.146. The van der Waals surface area contributed by atoms with Gasteiger partial charge in [-0.1, -0.05) is 84.9 Å². The highest BCUT2D eigenvalue weighted by atomic mass is 16.5. The summed E-state index contributed by atoms with van der Waals surface area (Å²) in [4.78, 5) is 14.5. The number of aliphatic hydroxyl groups excluding tert-OH is 1. The van der Waals surface area contributed by atoms with Crippen molar-refractivity contribution in [1.29, 1.82) is 0 Å². The van der Waals surface area contributed by atoms with Crippen LogP contribution in [0.5, 0.6) is 0 Å². The zero-order valence-corrected chi connectivity index (χ0v) is 22.8. The summed E-state index contributed by atoms with van der Waals surface area (Å²) in [6.45, 7) is 6.47. The van der Waals surface area contributed by atoms with Gasteiger partial charge in [-0.15, -0.1) is 0 Å². The Hall–Kier alpha value is -2.99. The number of rotatable bonds is 10. The molecule has 4 rings (SSSR count). The number of aliphatic hydroxyl groups is 2. The molecule has 0 bridgehead atoms. The maximum Gasteiger partial charge on any atom is 0.315 e. The SMILES string of the molecule is COC(=O)C(C)(C)c1ccc([C@H](O)CCCN2CCC(C(O)(c3ccccc3)c3ccccc3)CC2)cc1. The first-order valence-corrected chi connectivity index (χ1v) is 13.7. The van der Waals surface area contributed by atoms with Crippen molar-refractivity contribution in [2.75, 3.05) is 26.7 Å². The first-order chi connectivity index (χ1) is 18.3. The summed E-state index contributed by atoms with van der Waals surface area (Å²) < 4.78 is 4.92. The van der Waals surface area contributed by atoms with E-state index in [1.165, 1.54) is 7.11 Å². The molecule has 202 valence electrons. The molecule has 1 aliphatic heterocycles. The van der Waals surface area contributed by atoms with E-state index >= 15 is 0 Å². The van der Waals surface area contributed by atoms with E-state index in [1.54, 1.807) is 0 Å². The number of ether oxygens (including phenoxy) is 1. The van der Waals surface area contributed by atoms with Crippen LogP contribution in [0.3, 0.4) is 0 Å². The Morgan fingerprint density at radius 3 is 1.92 bits per heavy atom. The van der Waals surface area contributed by atoms with E-state index in [9.17, 15) is 15.0 Å². The van der Waals surface area contributed by atoms with Gasteiger partial charge in [-0.05, 0) is 87.3 Å². The number of methoxy groups -OCH3 is 1. The summed E-state index contributed by atoms with van der Waals surface area (Å²) in [5, 5.41) is 22.8. The summed E-state index contributed by atoms with van der Waals surface area (Å²) in [6, 6.07) is 27.7. The van der Waals surface area contributed by atoms with Crippen LogP contribution in [0, 0.1) is 5.92 Å². The van der Waals surface area contributed by atoms with Crippen LogP contribution < -0.4 is 0 Å². The van der Waals surface area contributed by atoms with Crippen molar-refractivity contribution in [3.8, 4) is 0 Å². The van der Waals surface area contributed by atoms with Gasteiger partial charge in [0, 0.05) is 0 Å². The summed E-state index contributed by atoms with van der Waals surface area (Å²) in [5.41, 5.74) is 1.91. The molecule has 1 aliphatic rings. The number of likely N-dealkylation sites (tertiary alicyclic amines) is 1. The number of piperidine rings is 1. The quantitative estimate of drug-likeness (QED) is 0.344. The molecule has 38 heavy (non-hydrogen) atoms. The molecule has 5 nitrogen and oxygen atoms in total. The first kappa shape index (κ1) is 28.0. The fourth-order valence-corrected chi connectivity index (χ4v) is 5.77. The Kier molecular flexibility index (Phi) is 9.03. The van der Waals surface area contributed by atoms with Crippen molar-refractivity contribution in [2.45, 2.75) is 56.7 Å². The lowest BCUT2D eigenvalue weighted by Crippen LogP contribution is -2.44. The van der Waals surface area contributed by atoms with Crippen LogP contribution in [0.1, 0.15) is 67.9 Å². The number of esters is 1. The summed E-state index contributed by atoms with van der Waals surface area (Å²) in [5.74, 6) is -0.137. The third-order valence-corrected chi connectivity index (χ3v) is 8.27. The Bertz CT molecular complexity index is 1110. The maximum atomic E-state index is 12.1. The highest BCUT2D eigenvalue weighted by molar-refractivity contribution is 5.82. The predicted octanol–water partition coefficient (Wildman–Crippen LogP) is 5.60. The summed E-state index contributed by atoms with van der Waals surface area (Å²) in [7, 11) is 1.40. The molecule has 2 N–H and O–H groups in total. The van der Waals surface area contributed by atoms with Gasteiger partial charge in [-0.2, -0.15) is 0 Å². The number of carbonyl (C=O) groups excluding carboxylic acids is 1. The number of hydrogen-bond donors (Lipinski definition) is 2. The van der Waals surface area contributed by atoms with Crippen LogP contribution in [-0.2, 0) is 20.5 Å². The van der Waals surface area contributed by atoms with E-state index in [2.05, 4.69) is 4.90 Å². The number of benzene rings is 3. The minimum atomic E-state index is -1.00. The Balaban J connectivity index is 1.31. The zero-order valence-electron chi connectivity index (χ0n) is 22.8. The summed E-state index contributed by atoms with van der Waals surface area (Å²) >= 11 is 0. The van der Waals surface area contributed by atoms with E-state index in [1.807, 2.05) is 98.8 Å². The van der Waals surface area contributed by atoms with E-state index in [-0.39, 0.29) is 11.9 Å². The minimum Gasteiger partial charge on any atom is -0.468 e. The van der Waals surface area contributed by atoms with E-state index < -0.39 is 17.1 Å². The highest BCUT2D eigenvalue weighted by Gasteiger charge is 2.41. The van der Waals surface area contributed by atoms with Crippen molar-refractivity contribution < 1.29 is 19.7 Å². The van der Waals surface area contributed by atoms with Crippen molar-refractivity contribution in [1.82, 2.24) is 4.90 Å². The average molecular weight is 516 g/mol. The third-order valence-electron chi connectivity index (χ3n) is 8.27. The highest BCUT2D eigenvalue weighted by Crippen LogP contribution is 2.42. The van der Waals surface area contributed by atoms with Gasteiger partial charge in [0.15, 0.2) is 0 Å². The molecular weight excluding hydrogens is 474 g/mol. The predicted molar refractivity (Wildman–Crippen MR) is 151 cm³/mol. The molecule has 1 heterocycles. The molecule has 0 unspecified atom stereocenters. The fourth-order valence-electron chi connectivity index (χ4n) is 5.77. The molecule has 1 saturated heterocycles. The van der Waals surface area contributed by atoms with Gasteiger partial charge in [-0.25, -0.2) is 0 Å². The standard InChI is InChI=1S/C33H41NO4/c1-32(2,31(36)38-3)26-18-16-25(17-19-26)30(35)15-10-22-34-23-20-29(21-24-34)33(37,27-11-6-4-7-12-27)28-13-8-5-9-14-28/h4-9,11-14,16-19,29-30,35,37H,10,15,20-24H2,1-3H3/t30-/m1/s1. The minimum absolute atomic E-state index is 0.141. The van der Waals surface area contributed by atoms with E-state index in [0.717, 1.165) is 61.2 Å². The monoisotopic (exact) mass is 515 g/mol. The maximum absolute atomic E-state index is 12.1. The van der Waals surface area contributed by atoms with Crippen molar-refractivity contribution >= 4 is 5.97 Å². The topological polar surface area (TPSA) is 70.0 Å². The van der Waals surface area contributed by atoms with Gasteiger partial charge < -0.3 is 19.8 Å². The zero-order chi connectivity index (χ0) is 27.2. The van der Waals surface area contributed by atoms with Gasteiger partial charge in [0.2, 0.25) is 0 Å². The fraction of sp³-hybridized carbons (Fsp3) is 0.424. The van der Waals surface area contributed by atoms with Crippen molar-refractivity contribution in [3.05, 3.63) is 107 Å². The van der Waals surface area contributed by atoms with Gasteiger partial charge >= 0.3 is 5.97 Å². The smallest absolute Gasteiger partial charge is 0.315 e. The molecule has 0 aliphatic carbocycles. The molecule has 0 aromatic heterocycles. The van der Waals surface area contributed by atoms with E-state index in [4.69, 9.17) is 4.74 Å². The second-order valence-electron chi connectivity index (χ2n) is 11.0. The van der Waals surface area contributed by atoms with Crippen LogP contribution in [0.2, 0.25) is 0 Å². The second-order valence-corrected chi connectivity index (χ2v) is 11.0. The molecule has 0 saturated carbocycles. The van der Waals surface area contributed by atoms with E-state index in [0.29, 0.717) is 6.42 Å². The number of carbonyl (C=O) groups is 1.